The van der Waals surface area contributed by atoms with Crippen LogP contribution in [0.25, 0.3) is 11.0 Å². The maximum Gasteiger partial charge on any atom is 0.266 e. The van der Waals surface area contributed by atoms with Gasteiger partial charge in [-0.05, 0) is 30.5 Å². The molecule has 0 unspecified atom stereocenters. The topological polar surface area (TPSA) is 71.8 Å². The van der Waals surface area contributed by atoms with Crippen molar-refractivity contribution < 1.29 is 0 Å². The van der Waals surface area contributed by atoms with Gasteiger partial charge in [-0.2, -0.15) is 0 Å². The Kier molecular flexibility index (Phi) is 2.67. The maximum atomic E-state index is 11.2. The van der Waals surface area contributed by atoms with E-state index in [-0.39, 0.29) is 11.1 Å². The Balaban J connectivity index is 2.07. The summed E-state index contributed by atoms with van der Waals surface area (Å²) in [5.41, 5.74) is 8.82. The number of hydrogen-bond acceptors (Lipinski definition) is 3. The summed E-state index contributed by atoms with van der Waals surface area (Å²) >= 11 is 0. The molecule has 3 N–H and O–H groups in total. The van der Waals surface area contributed by atoms with E-state index in [4.69, 9.17) is 5.73 Å². The Labute approximate surface area is 105 Å². The second-order valence-electron chi connectivity index (χ2n) is 5.20. The number of fused-ring (bicyclic) bond motifs is 1. The first-order valence-electron chi connectivity index (χ1n) is 6.46. The highest BCUT2D eigenvalue weighted by Gasteiger charge is 2.29. The second-order valence-corrected chi connectivity index (χ2v) is 5.20. The number of benzene rings is 1. The van der Waals surface area contributed by atoms with Crippen LogP contribution in [0.1, 0.15) is 37.7 Å². The Bertz CT molecular complexity index is 626. The predicted octanol–water partition coefficient (Wildman–Crippen LogP) is 2.04. The van der Waals surface area contributed by atoms with E-state index in [1.54, 1.807) is 0 Å². The van der Waals surface area contributed by atoms with Crippen LogP contribution in [0.2, 0.25) is 0 Å². The van der Waals surface area contributed by atoms with Gasteiger partial charge in [-0.3, -0.25) is 4.79 Å². The molecule has 0 aliphatic heterocycles. The van der Waals surface area contributed by atoms with E-state index in [9.17, 15) is 4.79 Å². The lowest BCUT2D eigenvalue weighted by Crippen LogP contribution is -2.38. The van der Waals surface area contributed by atoms with Gasteiger partial charge in [0, 0.05) is 5.54 Å². The molecule has 2 aromatic rings. The monoisotopic (exact) mass is 243 g/mol. The molecule has 1 aromatic carbocycles. The number of H-pyrrole nitrogens is 1. The van der Waals surface area contributed by atoms with Crippen molar-refractivity contribution in [3.05, 3.63) is 40.3 Å². The van der Waals surface area contributed by atoms with E-state index < -0.39 is 0 Å². The second kappa shape index (κ2) is 4.21. The molecule has 4 heteroatoms. The summed E-state index contributed by atoms with van der Waals surface area (Å²) in [5, 5.41) is 0. The number of rotatable bonds is 1. The Hall–Kier alpha value is -1.68. The molecule has 0 bridgehead atoms. The van der Waals surface area contributed by atoms with Crippen LogP contribution in [-0.2, 0) is 5.54 Å². The standard InChI is InChI=1S/C14H17N3O/c15-14(6-2-1-3-7-14)10-4-5-11-12(8-10)16-9-13(18)17-11/h4-5,8-9H,1-3,6-7,15H2,(H,17,18). The molecule has 1 saturated carbocycles. The lowest BCUT2D eigenvalue weighted by Gasteiger charge is -2.34. The van der Waals surface area contributed by atoms with Gasteiger partial charge in [-0.25, -0.2) is 4.98 Å². The van der Waals surface area contributed by atoms with Crippen LogP contribution in [0, 0.1) is 0 Å². The SMILES string of the molecule is NC1(c2ccc3[nH]c(=O)cnc3c2)CCCCC1. The van der Waals surface area contributed by atoms with Gasteiger partial charge in [-0.1, -0.05) is 25.3 Å². The van der Waals surface area contributed by atoms with Crippen molar-refractivity contribution in [1.82, 2.24) is 9.97 Å². The van der Waals surface area contributed by atoms with Crippen LogP contribution in [-0.4, -0.2) is 9.97 Å². The van der Waals surface area contributed by atoms with Crippen LogP contribution < -0.4 is 11.3 Å². The van der Waals surface area contributed by atoms with Gasteiger partial charge in [0.2, 0.25) is 0 Å². The predicted molar refractivity (Wildman–Crippen MR) is 71.3 cm³/mol. The largest absolute Gasteiger partial charge is 0.321 e. The van der Waals surface area contributed by atoms with Crippen molar-refractivity contribution in [3.63, 3.8) is 0 Å². The smallest absolute Gasteiger partial charge is 0.266 e. The zero-order chi connectivity index (χ0) is 12.6. The lowest BCUT2D eigenvalue weighted by atomic mass is 9.77. The molecule has 1 aliphatic carbocycles. The number of hydrogen-bond donors (Lipinski definition) is 2. The van der Waals surface area contributed by atoms with E-state index >= 15 is 0 Å². The molecular weight excluding hydrogens is 226 g/mol. The van der Waals surface area contributed by atoms with E-state index in [1.807, 2.05) is 18.2 Å². The average Bonchev–Trinajstić information content (AvgIpc) is 2.39. The average molecular weight is 243 g/mol. The van der Waals surface area contributed by atoms with Gasteiger partial charge in [0.1, 0.15) is 0 Å². The van der Waals surface area contributed by atoms with Crippen molar-refractivity contribution in [2.75, 3.05) is 0 Å². The quantitative estimate of drug-likeness (QED) is 0.805. The molecule has 0 atom stereocenters. The number of aromatic nitrogens is 2. The minimum atomic E-state index is -0.218. The van der Waals surface area contributed by atoms with Crippen molar-refractivity contribution in [2.24, 2.45) is 5.73 Å². The molecule has 1 aromatic heterocycles. The highest BCUT2D eigenvalue weighted by Crippen LogP contribution is 2.35. The fourth-order valence-electron chi connectivity index (χ4n) is 2.82. The summed E-state index contributed by atoms with van der Waals surface area (Å²) in [5.74, 6) is 0. The third-order valence-corrected chi connectivity index (χ3v) is 3.90. The number of aromatic amines is 1. The van der Waals surface area contributed by atoms with Crippen LogP contribution in [0.5, 0.6) is 0 Å². The van der Waals surface area contributed by atoms with Gasteiger partial charge in [0.15, 0.2) is 0 Å². The third kappa shape index (κ3) is 1.93. The van der Waals surface area contributed by atoms with Crippen LogP contribution >= 0.6 is 0 Å². The van der Waals surface area contributed by atoms with Gasteiger partial charge in [0.25, 0.3) is 5.56 Å². The van der Waals surface area contributed by atoms with Crippen LogP contribution in [0.3, 0.4) is 0 Å². The van der Waals surface area contributed by atoms with Gasteiger partial charge < -0.3 is 10.7 Å². The molecule has 18 heavy (non-hydrogen) atoms. The summed E-state index contributed by atoms with van der Waals surface area (Å²) in [6.45, 7) is 0. The molecule has 0 spiro atoms. The van der Waals surface area contributed by atoms with Gasteiger partial charge in [0.05, 0.1) is 17.2 Å². The summed E-state index contributed by atoms with van der Waals surface area (Å²) in [6, 6.07) is 5.93. The van der Waals surface area contributed by atoms with E-state index in [2.05, 4.69) is 9.97 Å². The van der Waals surface area contributed by atoms with Crippen LogP contribution in [0.4, 0.5) is 0 Å². The first-order chi connectivity index (χ1) is 8.67. The van der Waals surface area contributed by atoms with Crippen molar-refractivity contribution >= 4 is 11.0 Å². The molecule has 0 amide bonds. The molecule has 1 heterocycles. The molecule has 1 fully saturated rings. The van der Waals surface area contributed by atoms with Crippen molar-refractivity contribution in [1.29, 1.82) is 0 Å². The molecule has 0 radical (unpaired) electrons. The normalized spacial score (nSPS) is 18.9. The van der Waals surface area contributed by atoms with E-state index in [0.717, 1.165) is 29.4 Å². The number of nitrogens with zero attached hydrogens (tertiary/aromatic N) is 1. The summed E-state index contributed by atoms with van der Waals surface area (Å²) in [7, 11) is 0. The Morgan fingerprint density at radius 1 is 1.22 bits per heavy atom. The van der Waals surface area contributed by atoms with E-state index in [1.165, 1.54) is 25.5 Å². The van der Waals surface area contributed by atoms with Gasteiger partial charge in [-0.15, -0.1) is 0 Å². The molecule has 1 aliphatic rings. The van der Waals surface area contributed by atoms with Crippen LogP contribution in [0.15, 0.2) is 29.2 Å². The van der Waals surface area contributed by atoms with Gasteiger partial charge >= 0.3 is 0 Å². The molecular formula is C14H17N3O. The number of nitrogens with one attached hydrogen (secondary N) is 1. The minimum Gasteiger partial charge on any atom is -0.321 e. The maximum absolute atomic E-state index is 11.2. The fourth-order valence-corrected chi connectivity index (χ4v) is 2.82. The zero-order valence-electron chi connectivity index (χ0n) is 10.3. The molecule has 3 rings (SSSR count). The fraction of sp³-hybridized carbons (Fsp3) is 0.429. The van der Waals surface area contributed by atoms with Crippen molar-refractivity contribution in [3.8, 4) is 0 Å². The first-order valence-corrected chi connectivity index (χ1v) is 6.46. The van der Waals surface area contributed by atoms with E-state index in [0.29, 0.717) is 0 Å². The lowest BCUT2D eigenvalue weighted by molar-refractivity contribution is 0.302. The number of nitrogens with two attached hydrogens (primary N) is 1. The zero-order valence-corrected chi connectivity index (χ0v) is 10.3. The summed E-state index contributed by atoms with van der Waals surface area (Å²) in [4.78, 5) is 18.1. The van der Waals surface area contributed by atoms with Crippen molar-refractivity contribution in [2.45, 2.75) is 37.6 Å². The summed E-state index contributed by atoms with van der Waals surface area (Å²) in [6.07, 6.45) is 7.03. The molecule has 0 saturated heterocycles. The first kappa shape index (κ1) is 11.4. The molecule has 4 nitrogen and oxygen atoms in total. The Morgan fingerprint density at radius 2 is 2.00 bits per heavy atom. The highest BCUT2D eigenvalue weighted by atomic mass is 16.1. The molecule has 94 valence electrons. The highest BCUT2D eigenvalue weighted by molar-refractivity contribution is 5.74. The third-order valence-electron chi connectivity index (χ3n) is 3.90. The minimum absolute atomic E-state index is 0.171. The Morgan fingerprint density at radius 3 is 2.78 bits per heavy atom. The summed E-state index contributed by atoms with van der Waals surface area (Å²) < 4.78 is 0.